The van der Waals surface area contributed by atoms with Crippen LogP contribution in [0.4, 0.5) is 14.9 Å². The first-order valence-corrected chi connectivity index (χ1v) is 8.30. The summed E-state index contributed by atoms with van der Waals surface area (Å²) in [4.78, 5) is 12.3. The van der Waals surface area contributed by atoms with E-state index < -0.39 is 42.4 Å². The Morgan fingerprint density at radius 3 is 2.85 bits per heavy atom. The fourth-order valence-electron chi connectivity index (χ4n) is 3.31. The van der Waals surface area contributed by atoms with Crippen molar-refractivity contribution < 1.29 is 23.8 Å². The van der Waals surface area contributed by atoms with E-state index in [1.165, 1.54) is 24.3 Å². The first-order valence-electron chi connectivity index (χ1n) is 8.30. The van der Waals surface area contributed by atoms with Crippen molar-refractivity contribution >= 4 is 11.7 Å². The number of amides is 2. The van der Waals surface area contributed by atoms with Crippen LogP contribution in [-0.4, -0.2) is 52.1 Å². The van der Waals surface area contributed by atoms with Gasteiger partial charge in [-0.2, -0.15) is 5.10 Å². The van der Waals surface area contributed by atoms with Crippen LogP contribution in [0, 0.1) is 12.7 Å². The van der Waals surface area contributed by atoms with Crippen molar-refractivity contribution in [3.8, 4) is 0 Å². The molecule has 8 nitrogen and oxygen atoms in total. The van der Waals surface area contributed by atoms with Crippen molar-refractivity contribution in [2.75, 3.05) is 11.9 Å². The van der Waals surface area contributed by atoms with Gasteiger partial charge in [0.05, 0.1) is 18.8 Å². The van der Waals surface area contributed by atoms with Gasteiger partial charge in [-0.25, -0.2) is 9.18 Å². The van der Waals surface area contributed by atoms with Gasteiger partial charge in [0.25, 0.3) is 0 Å². The first-order chi connectivity index (χ1) is 12.5. The number of nitrogens with zero attached hydrogens (tertiary/aromatic N) is 2. The number of urea groups is 1. The summed E-state index contributed by atoms with van der Waals surface area (Å²) in [7, 11) is 0. The maximum atomic E-state index is 13.0. The molecule has 2 bridgehead atoms. The zero-order valence-electron chi connectivity index (χ0n) is 14.0. The summed E-state index contributed by atoms with van der Waals surface area (Å²) in [6.07, 6.45) is 1.45. The number of halogens is 1. The fraction of sp³-hybridized carbons (Fsp3) is 0.412. The second-order valence-corrected chi connectivity index (χ2v) is 6.49. The van der Waals surface area contributed by atoms with E-state index in [2.05, 4.69) is 15.7 Å². The maximum absolute atomic E-state index is 13.0. The van der Waals surface area contributed by atoms with E-state index in [-0.39, 0.29) is 6.61 Å². The molecule has 3 heterocycles. The van der Waals surface area contributed by atoms with Crippen molar-refractivity contribution in [1.29, 1.82) is 0 Å². The topological polar surface area (TPSA) is 97.6 Å². The molecule has 1 aromatic heterocycles. The molecule has 0 radical (unpaired) electrons. The van der Waals surface area contributed by atoms with Gasteiger partial charge >= 0.3 is 6.03 Å². The maximum Gasteiger partial charge on any atom is 0.319 e. The molecule has 138 valence electrons. The van der Waals surface area contributed by atoms with Crippen LogP contribution in [0.5, 0.6) is 0 Å². The number of carbonyl (C=O) groups is 1. The molecule has 3 N–H and O–H groups in total. The van der Waals surface area contributed by atoms with E-state index >= 15 is 0 Å². The molecule has 26 heavy (non-hydrogen) atoms. The second-order valence-electron chi connectivity index (χ2n) is 6.49. The predicted octanol–water partition coefficient (Wildman–Crippen LogP) is 1.18. The van der Waals surface area contributed by atoms with Crippen molar-refractivity contribution in [3.63, 3.8) is 0 Å². The molecule has 0 aliphatic carbocycles. The highest BCUT2D eigenvalue weighted by Gasteiger charge is 2.51. The minimum Gasteiger partial charge on any atom is -0.388 e. The van der Waals surface area contributed by atoms with E-state index in [0.29, 0.717) is 5.69 Å². The molecule has 5 atom stereocenters. The molecule has 2 aliphatic heterocycles. The highest BCUT2D eigenvalue weighted by molar-refractivity contribution is 5.89. The third-order valence-corrected chi connectivity index (χ3v) is 4.57. The Morgan fingerprint density at radius 2 is 2.15 bits per heavy atom. The predicted molar refractivity (Wildman–Crippen MR) is 89.0 cm³/mol. The lowest BCUT2D eigenvalue weighted by Gasteiger charge is -2.38. The summed E-state index contributed by atoms with van der Waals surface area (Å²) in [6.45, 7) is 2.16. The Hall–Kier alpha value is -2.49. The molecule has 2 saturated heterocycles. The third-order valence-electron chi connectivity index (χ3n) is 4.57. The van der Waals surface area contributed by atoms with Crippen LogP contribution in [0.15, 0.2) is 36.7 Å². The largest absolute Gasteiger partial charge is 0.388 e. The van der Waals surface area contributed by atoms with E-state index in [1.54, 1.807) is 17.1 Å². The number of benzene rings is 1. The number of hydrogen-bond acceptors (Lipinski definition) is 5. The summed E-state index contributed by atoms with van der Waals surface area (Å²) in [5, 5.41) is 20.4. The van der Waals surface area contributed by atoms with E-state index in [0.717, 1.165) is 5.56 Å². The minimum atomic E-state index is -0.945. The van der Waals surface area contributed by atoms with Crippen LogP contribution in [-0.2, 0) is 9.47 Å². The number of ether oxygens (including phenoxy) is 2. The lowest BCUT2D eigenvalue weighted by Crippen LogP contribution is -2.59. The Bertz CT molecular complexity index is 796. The van der Waals surface area contributed by atoms with E-state index in [1.807, 2.05) is 6.92 Å². The Morgan fingerprint density at radius 1 is 1.38 bits per heavy atom. The Balaban J connectivity index is 1.48. The number of aliphatic hydroxyl groups excluding tert-OH is 1. The first kappa shape index (κ1) is 17.0. The molecule has 1 aromatic carbocycles. The van der Waals surface area contributed by atoms with Gasteiger partial charge in [-0.1, -0.05) is 0 Å². The van der Waals surface area contributed by atoms with Crippen molar-refractivity contribution in [2.45, 2.75) is 37.5 Å². The lowest BCUT2D eigenvalue weighted by molar-refractivity contribution is -0.166. The molecule has 2 fully saturated rings. The van der Waals surface area contributed by atoms with Gasteiger partial charge in [0.2, 0.25) is 0 Å². The van der Waals surface area contributed by atoms with Gasteiger partial charge in [-0.15, -0.1) is 0 Å². The number of aliphatic hydroxyl groups is 1. The minimum absolute atomic E-state index is 0.264. The summed E-state index contributed by atoms with van der Waals surface area (Å²) in [5.41, 5.74) is 1.38. The highest BCUT2D eigenvalue weighted by Crippen LogP contribution is 2.35. The molecular weight excluding hydrogens is 343 g/mol. The number of nitrogens with one attached hydrogen (secondary N) is 2. The molecule has 2 aromatic rings. The molecule has 0 spiro atoms. The fourth-order valence-corrected chi connectivity index (χ4v) is 3.31. The standard InChI is InChI=1S/C17H19FN4O4/c1-9-6-19-22(7-9)14-15(23)13(12-8-25-16(14)26-12)21-17(24)20-11-4-2-10(18)3-5-11/h2-7,12-16,23H,8H2,1H3,(H2,20,21,24)/t12-,13-,14-,15+,16-/m1/s1. The summed E-state index contributed by atoms with van der Waals surface area (Å²) in [5.74, 6) is -0.390. The third kappa shape index (κ3) is 3.16. The van der Waals surface area contributed by atoms with Crippen LogP contribution in [0.25, 0.3) is 0 Å². The number of rotatable bonds is 3. The van der Waals surface area contributed by atoms with Crippen molar-refractivity contribution in [1.82, 2.24) is 15.1 Å². The zero-order valence-corrected chi connectivity index (χ0v) is 14.0. The van der Waals surface area contributed by atoms with Gasteiger partial charge in [0, 0.05) is 11.9 Å². The van der Waals surface area contributed by atoms with Crippen LogP contribution >= 0.6 is 0 Å². The number of aryl methyl sites for hydroxylation is 1. The van der Waals surface area contributed by atoms with Gasteiger partial charge < -0.3 is 25.2 Å². The van der Waals surface area contributed by atoms with Crippen LogP contribution in [0.1, 0.15) is 11.6 Å². The Kier molecular flexibility index (Phi) is 4.35. The molecule has 0 unspecified atom stereocenters. The number of fused-ring (bicyclic) bond motifs is 2. The Labute approximate surface area is 148 Å². The van der Waals surface area contributed by atoms with E-state index in [9.17, 15) is 14.3 Å². The number of aromatic nitrogens is 2. The van der Waals surface area contributed by atoms with Gasteiger partial charge in [0.1, 0.15) is 24.1 Å². The smallest absolute Gasteiger partial charge is 0.319 e. The number of carbonyl (C=O) groups excluding carboxylic acids is 1. The lowest BCUT2D eigenvalue weighted by atomic mass is 9.96. The average molecular weight is 362 g/mol. The monoisotopic (exact) mass is 362 g/mol. The number of anilines is 1. The molecule has 0 saturated carbocycles. The number of hydrogen-bond donors (Lipinski definition) is 3. The SMILES string of the molecule is Cc1cnn([C@H]2[C@@H]3OC[C@@H](O3)[C@@H](NC(=O)Nc3ccc(F)cc3)[C@@H]2O)c1. The normalized spacial score (nSPS) is 30.2. The zero-order chi connectivity index (χ0) is 18.3. The molecule has 2 aliphatic rings. The molecule has 4 rings (SSSR count). The van der Waals surface area contributed by atoms with Crippen molar-refractivity contribution in [3.05, 3.63) is 48.0 Å². The van der Waals surface area contributed by atoms with Gasteiger partial charge in [-0.05, 0) is 36.8 Å². The highest BCUT2D eigenvalue weighted by atomic mass is 19.1. The summed E-state index contributed by atoms with van der Waals surface area (Å²) >= 11 is 0. The van der Waals surface area contributed by atoms with Crippen LogP contribution in [0.3, 0.4) is 0 Å². The second kappa shape index (κ2) is 6.67. The summed E-state index contributed by atoms with van der Waals surface area (Å²) in [6, 6.07) is 3.63. The van der Waals surface area contributed by atoms with Crippen LogP contribution < -0.4 is 10.6 Å². The van der Waals surface area contributed by atoms with Crippen molar-refractivity contribution in [2.24, 2.45) is 0 Å². The summed E-state index contributed by atoms with van der Waals surface area (Å²) < 4.78 is 26.0. The van der Waals surface area contributed by atoms with Gasteiger partial charge in [0.15, 0.2) is 6.29 Å². The molecule has 9 heteroatoms. The quantitative estimate of drug-likeness (QED) is 0.762. The molecule has 2 amide bonds. The van der Waals surface area contributed by atoms with Crippen LogP contribution in [0.2, 0.25) is 0 Å². The average Bonchev–Trinajstić information content (AvgIpc) is 3.22. The molecular formula is C17H19FN4O4. The van der Waals surface area contributed by atoms with E-state index in [4.69, 9.17) is 9.47 Å². The van der Waals surface area contributed by atoms with Gasteiger partial charge in [-0.3, -0.25) is 4.68 Å².